The van der Waals surface area contributed by atoms with Crippen LogP contribution in [0.4, 0.5) is 4.79 Å². The van der Waals surface area contributed by atoms with Crippen molar-refractivity contribution >= 4 is 24.3 Å². The van der Waals surface area contributed by atoms with Crippen LogP contribution in [-0.2, 0) is 17.8 Å². The van der Waals surface area contributed by atoms with E-state index in [1.54, 1.807) is 4.90 Å². The van der Waals surface area contributed by atoms with Crippen LogP contribution in [0.3, 0.4) is 0 Å². The molecule has 3 amide bonds. The number of carbonyl (C=O) groups excluding carboxylic acids is 2. The van der Waals surface area contributed by atoms with Crippen molar-refractivity contribution in [2.24, 2.45) is 0 Å². The highest BCUT2D eigenvalue weighted by atomic mass is 35.5. The number of fused-ring (bicyclic) bond motifs is 1. The first kappa shape index (κ1) is 18.5. The SMILES string of the molecule is Cl.O=C(CNC(=O)N1CCc2ccccc2C1)NC1CCNCC1. The number of rotatable bonds is 3. The number of halogens is 1. The van der Waals surface area contributed by atoms with Crippen LogP contribution >= 0.6 is 12.4 Å². The van der Waals surface area contributed by atoms with Gasteiger partial charge in [0, 0.05) is 19.1 Å². The third kappa shape index (κ3) is 4.85. The number of urea groups is 1. The molecular weight excluding hydrogens is 328 g/mol. The summed E-state index contributed by atoms with van der Waals surface area (Å²) < 4.78 is 0. The van der Waals surface area contributed by atoms with Crippen LogP contribution in [0.5, 0.6) is 0 Å². The molecule has 0 spiro atoms. The first-order valence-electron chi connectivity index (χ1n) is 8.32. The molecule has 1 aromatic rings. The van der Waals surface area contributed by atoms with Crippen molar-refractivity contribution in [3.05, 3.63) is 35.4 Å². The van der Waals surface area contributed by atoms with Gasteiger partial charge in [-0.3, -0.25) is 4.79 Å². The van der Waals surface area contributed by atoms with Gasteiger partial charge in [-0.05, 0) is 43.5 Å². The quantitative estimate of drug-likeness (QED) is 0.761. The Morgan fingerprint density at radius 2 is 1.88 bits per heavy atom. The predicted molar refractivity (Wildman–Crippen MR) is 95.2 cm³/mol. The minimum absolute atomic E-state index is 0. The van der Waals surface area contributed by atoms with Gasteiger partial charge in [-0.1, -0.05) is 24.3 Å². The van der Waals surface area contributed by atoms with Gasteiger partial charge in [0.15, 0.2) is 0 Å². The number of nitrogens with zero attached hydrogens (tertiary/aromatic N) is 1. The molecule has 0 aromatic heterocycles. The topological polar surface area (TPSA) is 73.5 Å². The molecule has 132 valence electrons. The summed E-state index contributed by atoms with van der Waals surface area (Å²) in [5, 5.41) is 8.97. The van der Waals surface area contributed by atoms with E-state index in [0.717, 1.165) is 32.4 Å². The van der Waals surface area contributed by atoms with E-state index in [1.807, 2.05) is 12.1 Å². The number of benzene rings is 1. The Labute approximate surface area is 148 Å². The van der Waals surface area contributed by atoms with Crippen LogP contribution < -0.4 is 16.0 Å². The fourth-order valence-corrected chi connectivity index (χ4v) is 3.18. The van der Waals surface area contributed by atoms with Crippen LogP contribution in [0.1, 0.15) is 24.0 Å². The lowest BCUT2D eigenvalue weighted by Gasteiger charge is -2.29. The number of amides is 3. The molecule has 2 heterocycles. The van der Waals surface area contributed by atoms with Crippen LogP contribution in [0.15, 0.2) is 24.3 Å². The second-order valence-electron chi connectivity index (χ2n) is 6.19. The Morgan fingerprint density at radius 1 is 1.17 bits per heavy atom. The summed E-state index contributed by atoms with van der Waals surface area (Å²) in [6, 6.07) is 8.24. The van der Waals surface area contributed by atoms with Gasteiger partial charge in [-0.15, -0.1) is 12.4 Å². The smallest absolute Gasteiger partial charge is 0.318 e. The first-order valence-corrected chi connectivity index (χ1v) is 8.32. The third-order valence-corrected chi connectivity index (χ3v) is 4.52. The zero-order chi connectivity index (χ0) is 16.1. The third-order valence-electron chi connectivity index (χ3n) is 4.52. The summed E-state index contributed by atoms with van der Waals surface area (Å²) in [5.41, 5.74) is 2.49. The highest BCUT2D eigenvalue weighted by Crippen LogP contribution is 2.18. The van der Waals surface area contributed by atoms with Gasteiger partial charge in [0.25, 0.3) is 0 Å². The lowest BCUT2D eigenvalue weighted by molar-refractivity contribution is -0.121. The van der Waals surface area contributed by atoms with Crippen molar-refractivity contribution in [3.8, 4) is 0 Å². The van der Waals surface area contributed by atoms with E-state index in [0.29, 0.717) is 13.1 Å². The van der Waals surface area contributed by atoms with Crippen molar-refractivity contribution in [2.45, 2.75) is 31.8 Å². The van der Waals surface area contributed by atoms with Crippen LogP contribution in [-0.4, -0.2) is 49.1 Å². The largest absolute Gasteiger partial charge is 0.352 e. The Balaban J connectivity index is 0.00000208. The summed E-state index contributed by atoms with van der Waals surface area (Å²) in [6.07, 6.45) is 2.76. The van der Waals surface area contributed by atoms with Gasteiger partial charge < -0.3 is 20.9 Å². The molecule has 2 aliphatic heterocycles. The molecule has 1 fully saturated rings. The summed E-state index contributed by atoms with van der Waals surface area (Å²) in [7, 11) is 0. The Kier molecular flexibility index (Phi) is 6.87. The summed E-state index contributed by atoms with van der Waals surface area (Å²) in [6.45, 7) is 3.21. The minimum atomic E-state index is -0.167. The molecule has 0 bridgehead atoms. The van der Waals surface area contributed by atoms with Gasteiger partial charge in [0.05, 0.1) is 6.54 Å². The number of hydrogen-bond acceptors (Lipinski definition) is 3. The second kappa shape index (κ2) is 8.89. The van der Waals surface area contributed by atoms with Crippen molar-refractivity contribution in [1.82, 2.24) is 20.9 Å². The van der Waals surface area contributed by atoms with Crippen LogP contribution in [0, 0.1) is 0 Å². The fraction of sp³-hybridized carbons (Fsp3) is 0.529. The van der Waals surface area contributed by atoms with E-state index >= 15 is 0 Å². The predicted octanol–water partition coefficient (Wildman–Crippen LogP) is 1.04. The van der Waals surface area contributed by atoms with E-state index in [4.69, 9.17) is 0 Å². The van der Waals surface area contributed by atoms with Gasteiger partial charge in [0.1, 0.15) is 0 Å². The molecule has 3 rings (SSSR count). The van der Waals surface area contributed by atoms with E-state index in [2.05, 4.69) is 28.1 Å². The molecule has 0 unspecified atom stereocenters. The average molecular weight is 353 g/mol. The maximum absolute atomic E-state index is 12.2. The lowest BCUT2D eigenvalue weighted by Crippen LogP contribution is -2.49. The maximum Gasteiger partial charge on any atom is 0.318 e. The maximum atomic E-state index is 12.2. The highest BCUT2D eigenvalue weighted by molar-refractivity contribution is 5.85. The lowest BCUT2D eigenvalue weighted by atomic mass is 10.0. The van der Waals surface area contributed by atoms with Crippen LogP contribution in [0.25, 0.3) is 0 Å². The standard InChI is InChI=1S/C17H24N4O2.ClH/c22-16(20-15-5-8-18-9-6-15)11-19-17(23)21-10-7-13-3-1-2-4-14(13)12-21;/h1-4,15,18H,5-12H2,(H,19,23)(H,20,22);1H. The van der Waals surface area contributed by atoms with E-state index in [9.17, 15) is 9.59 Å². The number of carbonyl (C=O) groups is 2. The number of piperidine rings is 1. The Bertz CT molecular complexity index is 575. The minimum Gasteiger partial charge on any atom is -0.352 e. The van der Waals surface area contributed by atoms with Crippen LogP contribution in [0.2, 0.25) is 0 Å². The average Bonchev–Trinajstić information content (AvgIpc) is 2.60. The second-order valence-corrected chi connectivity index (χ2v) is 6.19. The molecule has 0 aliphatic carbocycles. The molecule has 3 N–H and O–H groups in total. The first-order chi connectivity index (χ1) is 11.2. The normalized spacial score (nSPS) is 17.4. The van der Waals surface area contributed by atoms with Gasteiger partial charge in [-0.2, -0.15) is 0 Å². The monoisotopic (exact) mass is 352 g/mol. The van der Waals surface area contributed by atoms with Crippen molar-refractivity contribution in [3.63, 3.8) is 0 Å². The molecule has 7 heteroatoms. The molecule has 0 radical (unpaired) electrons. The fourth-order valence-electron chi connectivity index (χ4n) is 3.18. The van der Waals surface area contributed by atoms with Crippen molar-refractivity contribution in [1.29, 1.82) is 0 Å². The van der Waals surface area contributed by atoms with E-state index in [1.165, 1.54) is 11.1 Å². The zero-order valence-electron chi connectivity index (χ0n) is 13.7. The Morgan fingerprint density at radius 3 is 2.62 bits per heavy atom. The van der Waals surface area contributed by atoms with E-state index < -0.39 is 0 Å². The molecule has 2 aliphatic rings. The van der Waals surface area contributed by atoms with Crippen molar-refractivity contribution in [2.75, 3.05) is 26.2 Å². The zero-order valence-corrected chi connectivity index (χ0v) is 14.5. The molecular formula is C17H25ClN4O2. The molecule has 1 saturated heterocycles. The summed E-state index contributed by atoms with van der Waals surface area (Å²) in [5.74, 6) is -0.109. The van der Waals surface area contributed by atoms with Gasteiger partial charge >= 0.3 is 6.03 Å². The molecule has 6 nitrogen and oxygen atoms in total. The molecule has 0 atom stereocenters. The molecule has 0 saturated carbocycles. The number of hydrogen-bond donors (Lipinski definition) is 3. The molecule has 1 aromatic carbocycles. The number of nitrogens with one attached hydrogen (secondary N) is 3. The Hall–Kier alpha value is -1.79. The highest BCUT2D eigenvalue weighted by Gasteiger charge is 2.21. The van der Waals surface area contributed by atoms with Gasteiger partial charge in [-0.25, -0.2) is 4.79 Å². The van der Waals surface area contributed by atoms with Crippen molar-refractivity contribution < 1.29 is 9.59 Å². The van der Waals surface area contributed by atoms with Gasteiger partial charge in [0.2, 0.25) is 5.91 Å². The molecule has 24 heavy (non-hydrogen) atoms. The summed E-state index contributed by atoms with van der Waals surface area (Å²) in [4.78, 5) is 25.9. The summed E-state index contributed by atoms with van der Waals surface area (Å²) >= 11 is 0. The van der Waals surface area contributed by atoms with E-state index in [-0.39, 0.29) is 36.9 Å².